The number of fused-ring (bicyclic) bond motifs is 1. The van der Waals surface area contributed by atoms with Gasteiger partial charge in [-0.15, -0.1) is 0 Å². The molecule has 0 aliphatic heterocycles. The average Bonchev–Trinajstić information content (AvgIpc) is 3.03. The van der Waals surface area contributed by atoms with Crippen molar-refractivity contribution < 1.29 is 4.79 Å². The summed E-state index contributed by atoms with van der Waals surface area (Å²) in [4.78, 5) is 25.6. The van der Waals surface area contributed by atoms with Crippen molar-refractivity contribution in [1.29, 1.82) is 0 Å². The van der Waals surface area contributed by atoms with E-state index in [2.05, 4.69) is 25.6 Å². The van der Waals surface area contributed by atoms with E-state index in [0.717, 1.165) is 27.3 Å². The zero-order valence-electron chi connectivity index (χ0n) is 14.9. The fourth-order valence-corrected chi connectivity index (χ4v) is 3.57. The number of aryl methyl sites for hydroxylation is 2. The number of nitrogens with one attached hydrogen (secondary N) is 2. The Hall–Kier alpha value is -3.32. The summed E-state index contributed by atoms with van der Waals surface area (Å²) < 4.78 is 1.04. The number of aromatic nitrogens is 3. The van der Waals surface area contributed by atoms with Crippen molar-refractivity contribution >= 4 is 44.2 Å². The van der Waals surface area contributed by atoms with Crippen LogP contribution in [-0.4, -0.2) is 20.9 Å². The topological polar surface area (TPSA) is 79.8 Å². The van der Waals surface area contributed by atoms with Gasteiger partial charge in [-0.25, -0.2) is 15.0 Å². The molecule has 0 unspecified atom stereocenters. The zero-order valence-corrected chi connectivity index (χ0v) is 15.7. The van der Waals surface area contributed by atoms with Gasteiger partial charge in [-0.2, -0.15) is 0 Å². The zero-order chi connectivity index (χ0) is 18.8. The Kier molecular flexibility index (Phi) is 4.52. The number of rotatable bonds is 4. The molecule has 0 saturated carbocycles. The standard InChI is InChI=1S/C20H17N5OS/c1-12-11-13(2)22-19(21-12)23-15-9-7-14(8-10-15)18(26)25-20-24-16-5-3-4-6-17(16)27-20/h3-11H,1-2H3,(H,21,22,23)(H,24,25,26). The number of thiazole rings is 1. The molecular weight excluding hydrogens is 358 g/mol. The predicted octanol–water partition coefficient (Wildman–Crippen LogP) is 4.70. The minimum Gasteiger partial charge on any atom is -0.324 e. The van der Waals surface area contributed by atoms with Crippen molar-refractivity contribution in [2.24, 2.45) is 0 Å². The molecule has 0 atom stereocenters. The Morgan fingerprint density at radius 2 is 1.63 bits per heavy atom. The van der Waals surface area contributed by atoms with E-state index in [1.807, 2.05) is 56.3 Å². The van der Waals surface area contributed by atoms with E-state index >= 15 is 0 Å². The summed E-state index contributed by atoms with van der Waals surface area (Å²) in [6, 6.07) is 16.9. The second-order valence-electron chi connectivity index (χ2n) is 6.12. The second-order valence-corrected chi connectivity index (χ2v) is 7.15. The Morgan fingerprint density at radius 3 is 2.33 bits per heavy atom. The highest BCUT2D eigenvalue weighted by atomic mass is 32.1. The summed E-state index contributed by atoms with van der Waals surface area (Å²) in [5, 5.41) is 6.60. The van der Waals surface area contributed by atoms with Gasteiger partial charge >= 0.3 is 0 Å². The maximum atomic E-state index is 12.5. The molecule has 1 amide bonds. The van der Waals surface area contributed by atoms with Crippen LogP contribution in [0.1, 0.15) is 21.7 Å². The molecule has 0 radical (unpaired) electrons. The van der Waals surface area contributed by atoms with E-state index in [1.165, 1.54) is 11.3 Å². The van der Waals surface area contributed by atoms with Gasteiger partial charge in [0.05, 0.1) is 10.2 Å². The van der Waals surface area contributed by atoms with Gasteiger partial charge < -0.3 is 5.32 Å². The average molecular weight is 375 g/mol. The Bertz CT molecular complexity index is 1070. The van der Waals surface area contributed by atoms with E-state index in [-0.39, 0.29) is 5.91 Å². The lowest BCUT2D eigenvalue weighted by molar-refractivity contribution is 0.102. The second kappa shape index (κ2) is 7.13. The highest BCUT2D eigenvalue weighted by Gasteiger charge is 2.10. The van der Waals surface area contributed by atoms with Crippen LogP contribution in [0.2, 0.25) is 0 Å². The highest BCUT2D eigenvalue weighted by molar-refractivity contribution is 7.22. The van der Waals surface area contributed by atoms with E-state index in [9.17, 15) is 4.79 Å². The lowest BCUT2D eigenvalue weighted by Gasteiger charge is -2.07. The maximum Gasteiger partial charge on any atom is 0.257 e. The summed E-state index contributed by atoms with van der Waals surface area (Å²) >= 11 is 1.46. The Labute approximate surface area is 160 Å². The Balaban J connectivity index is 1.47. The molecule has 2 aromatic heterocycles. The number of para-hydroxylation sites is 1. The van der Waals surface area contributed by atoms with Crippen molar-refractivity contribution in [2.45, 2.75) is 13.8 Å². The van der Waals surface area contributed by atoms with Crippen molar-refractivity contribution in [3.63, 3.8) is 0 Å². The summed E-state index contributed by atoms with van der Waals surface area (Å²) in [7, 11) is 0. The SMILES string of the molecule is Cc1cc(C)nc(Nc2ccc(C(=O)Nc3nc4ccccc4s3)cc2)n1. The number of benzene rings is 2. The monoisotopic (exact) mass is 375 g/mol. The van der Waals surface area contributed by atoms with E-state index in [4.69, 9.17) is 0 Å². The van der Waals surface area contributed by atoms with Crippen LogP contribution < -0.4 is 10.6 Å². The van der Waals surface area contributed by atoms with E-state index in [0.29, 0.717) is 16.6 Å². The first-order valence-electron chi connectivity index (χ1n) is 8.43. The number of amides is 1. The molecule has 134 valence electrons. The van der Waals surface area contributed by atoms with E-state index < -0.39 is 0 Å². The third-order valence-corrected chi connectivity index (χ3v) is 4.85. The lowest BCUT2D eigenvalue weighted by atomic mass is 10.2. The van der Waals surface area contributed by atoms with Crippen LogP contribution in [0.15, 0.2) is 54.6 Å². The number of carbonyl (C=O) groups is 1. The summed E-state index contributed by atoms with van der Waals surface area (Å²) in [5.41, 5.74) is 4.05. The molecular formula is C20H17N5OS. The van der Waals surface area contributed by atoms with Gasteiger partial charge in [0, 0.05) is 22.6 Å². The minimum atomic E-state index is -0.191. The van der Waals surface area contributed by atoms with E-state index in [1.54, 1.807) is 12.1 Å². The van der Waals surface area contributed by atoms with Gasteiger partial charge in [-0.3, -0.25) is 10.1 Å². The molecule has 4 aromatic rings. The summed E-state index contributed by atoms with van der Waals surface area (Å²) in [6.07, 6.45) is 0. The van der Waals surface area contributed by atoms with Crippen molar-refractivity contribution in [3.05, 3.63) is 71.5 Å². The van der Waals surface area contributed by atoms with Crippen LogP contribution in [0.25, 0.3) is 10.2 Å². The molecule has 2 aromatic carbocycles. The minimum absolute atomic E-state index is 0.191. The van der Waals surface area contributed by atoms with Gasteiger partial charge in [0.25, 0.3) is 5.91 Å². The molecule has 0 spiro atoms. The highest BCUT2D eigenvalue weighted by Crippen LogP contribution is 2.26. The maximum absolute atomic E-state index is 12.5. The molecule has 6 nitrogen and oxygen atoms in total. The molecule has 27 heavy (non-hydrogen) atoms. The number of anilines is 3. The van der Waals surface area contributed by atoms with Crippen LogP contribution in [0.4, 0.5) is 16.8 Å². The molecule has 0 fully saturated rings. The normalized spacial score (nSPS) is 10.7. The van der Waals surface area contributed by atoms with Gasteiger partial charge in [0.2, 0.25) is 5.95 Å². The quantitative estimate of drug-likeness (QED) is 0.540. The summed E-state index contributed by atoms with van der Waals surface area (Å²) in [5.74, 6) is 0.349. The van der Waals surface area contributed by atoms with Gasteiger partial charge in [0.15, 0.2) is 5.13 Å². The predicted molar refractivity (Wildman–Crippen MR) is 109 cm³/mol. The van der Waals surface area contributed by atoms with Crippen LogP contribution in [-0.2, 0) is 0 Å². The summed E-state index contributed by atoms with van der Waals surface area (Å²) in [6.45, 7) is 3.85. The number of nitrogens with zero attached hydrogens (tertiary/aromatic N) is 3. The third-order valence-electron chi connectivity index (χ3n) is 3.90. The van der Waals surface area contributed by atoms with Gasteiger partial charge in [-0.05, 0) is 56.3 Å². The number of carbonyl (C=O) groups excluding carboxylic acids is 1. The number of hydrogen-bond donors (Lipinski definition) is 2. The first-order valence-corrected chi connectivity index (χ1v) is 9.25. The van der Waals surface area contributed by atoms with Gasteiger partial charge in [0.1, 0.15) is 0 Å². The van der Waals surface area contributed by atoms with Crippen LogP contribution in [0.5, 0.6) is 0 Å². The molecule has 2 heterocycles. The van der Waals surface area contributed by atoms with Crippen LogP contribution in [0, 0.1) is 13.8 Å². The molecule has 0 saturated heterocycles. The fraction of sp³-hybridized carbons (Fsp3) is 0.100. The van der Waals surface area contributed by atoms with Gasteiger partial charge in [-0.1, -0.05) is 23.5 Å². The Morgan fingerprint density at radius 1 is 0.926 bits per heavy atom. The van der Waals surface area contributed by atoms with Crippen LogP contribution in [0.3, 0.4) is 0 Å². The molecule has 0 aliphatic rings. The number of hydrogen-bond acceptors (Lipinski definition) is 6. The third kappa shape index (κ3) is 3.93. The molecule has 2 N–H and O–H groups in total. The van der Waals surface area contributed by atoms with Crippen molar-refractivity contribution in [1.82, 2.24) is 15.0 Å². The first kappa shape index (κ1) is 17.1. The van der Waals surface area contributed by atoms with Crippen LogP contribution >= 0.6 is 11.3 Å². The first-order chi connectivity index (χ1) is 13.1. The fourth-order valence-electron chi connectivity index (χ4n) is 2.71. The molecule has 0 bridgehead atoms. The molecule has 7 heteroatoms. The molecule has 0 aliphatic carbocycles. The lowest BCUT2D eigenvalue weighted by Crippen LogP contribution is -2.11. The van der Waals surface area contributed by atoms with Crippen molar-refractivity contribution in [2.75, 3.05) is 10.6 Å². The smallest absolute Gasteiger partial charge is 0.257 e. The molecule has 4 rings (SSSR count). The largest absolute Gasteiger partial charge is 0.324 e. The van der Waals surface area contributed by atoms with Crippen molar-refractivity contribution in [3.8, 4) is 0 Å².